The van der Waals surface area contributed by atoms with E-state index in [9.17, 15) is 0 Å². The molecule has 1 fully saturated rings. The van der Waals surface area contributed by atoms with Gasteiger partial charge < -0.3 is 24.3 Å². The molecule has 1 aliphatic rings. The maximum Gasteiger partial charge on any atom is 0.707 e. The third-order valence-corrected chi connectivity index (χ3v) is 3.00. The molecule has 1 aromatic rings. The summed E-state index contributed by atoms with van der Waals surface area (Å²) in [5, 5.41) is 17.6. The number of pyridine rings is 1. The molecule has 0 aromatic carbocycles. The zero-order chi connectivity index (χ0) is 14.0. The molecule has 1 aliphatic heterocycles. The van der Waals surface area contributed by atoms with Gasteiger partial charge in [0.25, 0.3) is 0 Å². The first kappa shape index (κ1) is 14.1. The Morgan fingerprint density at radius 2 is 1.95 bits per heavy atom. The third kappa shape index (κ3) is 3.59. The van der Waals surface area contributed by atoms with Crippen molar-refractivity contribution in [1.29, 1.82) is 0 Å². The number of aromatic nitrogens is 1. The van der Waals surface area contributed by atoms with Crippen molar-refractivity contribution in [3.05, 3.63) is 17.8 Å². The fraction of sp³-hybridized carbons (Fsp3) is 0.583. The van der Waals surface area contributed by atoms with Gasteiger partial charge in [-0.3, -0.25) is 0 Å². The van der Waals surface area contributed by atoms with Crippen LogP contribution in [0.4, 0.5) is 5.82 Å². The summed E-state index contributed by atoms with van der Waals surface area (Å²) in [6, 6.07) is 3.51. The molecule has 0 saturated carbocycles. The number of rotatable bonds is 3. The van der Waals surface area contributed by atoms with E-state index in [1.165, 1.54) is 0 Å². The van der Waals surface area contributed by atoms with Crippen LogP contribution in [0.5, 0.6) is 5.75 Å². The van der Waals surface area contributed by atoms with Crippen molar-refractivity contribution >= 4 is 13.1 Å². The van der Waals surface area contributed by atoms with Crippen molar-refractivity contribution in [3.63, 3.8) is 0 Å². The number of hydrogen-bond donors (Lipinski definition) is 2. The number of anilines is 1. The summed E-state index contributed by atoms with van der Waals surface area (Å²) in [4.78, 5) is 6.60. The summed E-state index contributed by atoms with van der Waals surface area (Å²) in [7, 11) is -1.82. The van der Waals surface area contributed by atoms with E-state index in [0.717, 1.165) is 18.9 Å². The maximum absolute atomic E-state index is 8.80. The average Bonchev–Trinajstić information content (AvgIpc) is 2.30. The number of morpholine rings is 1. The van der Waals surface area contributed by atoms with Crippen LogP contribution in [0.2, 0.25) is 0 Å². The highest BCUT2D eigenvalue weighted by molar-refractivity contribution is 6.33. The highest BCUT2D eigenvalue weighted by atomic mass is 16.6. The van der Waals surface area contributed by atoms with E-state index in [1.54, 1.807) is 13.0 Å². The first-order valence-electron chi connectivity index (χ1n) is 6.36. The van der Waals surface area contributed by atoms with Gasteiger partial charge in [-0.2, -0.15) is 0 Å². The van der Waals surface area contributed by atoms with Crippen molar-refractivity contribution in [1.82, 2.24) is 4.98 Å². The van der Waals surface area contributed by atoms with Crippen LogP contribution in [0, 0.1) is 6.92 Å². The van der Waals surface area contributed by atoms with Crippen LogP contribution in [0.15, 0.2) is 12.1 Å². The second kappa shape index (κ2) is 5.77. The monoisotopic (exact) mass is 266 g/mol. The molecule has 2 rings (SSSR count). The lowest BCUT2D eigenvalue weighted by molar-refractivity contribution is -0.00546. The van der Waals surface area contributed by atoms with Crippen LogP contribution in [-0.4, -0.2) is 47.7 Å². The summed E-state index contributed by atoms with van der Waals surface area (Å²) in [5.74, 6) is 1.22. The second-order valence-corrected chi connectivity index (χ2v) is 4.86. The molecule has 2 heterocycles. The van der Waals surface area contributed by atoms with E-state index < -0.39 is 7.32 Å². The lowest BCUT2D eigenvalue weighted by atomic mass is 10.2. The molecule has 6 nitrogen and oxygen atoms in total. The summed E-state index contributed by atoms with van der Waals surface area (Å²) in [6.45, 7) is 7.43. The highest BCUT2D eigenvalue weighted by Crippen LogP contribution is 2.23. The van der Waals surface area contributed by atoms with E-state index in [-0.39, 0.29) is 12.2 Å². The molecule has 1 aromatic heterocycles. The Balaban J connectivity index is 2.15. The van der Waals surface area contributed by atoms with Crippen LogP contribution in [0.25, 0.3) is 0 Å². The van der Waals surface area contributed by atoms with Gasteiger partial charge in [-0.05, 0) is 32.9 Å². The molecular formula is C12H19BN2O4. The SMILES string of the molecule is Cc1nc(N2C[C@@H](C)O[C@@H](C)C2)ccc1OB(O)O. The van der Waals surface area contributed by atoms with E-state index in [4.69, 9.17) is 19.4 Å². The Morgan fingerprint density at radius 3 is 2.47 bits per heavy atom. The number of aryl methyl sites for hydroxylation is 1. The van der Waals surface area contributed by atoms with E-state index in [1.807, 2.05) is 19.9 Å². The Hall–Kier alpha value is -1.31. The van der Waals surface area contributed by atoms with Crippen molar-refractivity contribution in [2.24, 2.45) is 0 Å². The first-order chi connectivity index (χ1) is 8.95. The van der Waals surface area contributed by atoms with Crippen molar-refractivity contribution in [2.75, 3.05) is 18.0 Å². The molecule has 0 spiro atoms. The summed E-state index contributed by atoms with van der Waals surface area (Å²) in [6.07, 6.45) is 0.335. The standard InChI is InChI=1S/C12H19BN2O4/c1-8-6-15(7-9(2)18-8)12-5-4-11(10(3)14-12)19-13(16)17/h4-5,8-9,16-17H,6-7H2,1-3H3/t8-,9+. The van der Waals surface area contributed by atoms with Crippen LogP contribution in [0.1, 0.15) is 19.5 Å². The lowest BCUT2D eigenvalue weighted by Gasteiger charge is -2.36. The van der Waals surface area contributed by atoms with Gasteiger partial charge in [0.05, 0.1) is 17.9 Å². The van der Waals surface area contributed by atoms with Crippen molar-refractivity contribution in [3.8, 4) is 5.75 Å². The molecule has 19 heavy (non-hydrogen) atoms. The Kier molecular flexibility index (Phi) is 4.29. The second-order valence-electron chi connectivity index (χ2n) is 4.86. The molecule has 1 saturated heterocycles. The molecule has 2 N–H and O–H groups in total. The Bertz CT molecular complexity index is 434. The van der Waals surface area contributed by atoms with E-state index >= 15 is 0 Å². The molecule has 7 heteroatoms. The maximum atomic E-state index is 8.80. The molecule has 0 unspecified atom stereocenters. The molecule has 0 radical (unpaired) electrons. The van der Waals surface area contributed by atoms with Gasteiger partial charge in [-0.25, -0.2) is 4.98 Å². The number of nitrogens with zero attached hydrogens (tertiary/aromatic N) is 2. The predicted octanol–water partition coefficient (Wildman–Crippen LogP) is 0.352. The zero-order valence-corrected chi connectivity index (χ0v) is 11.4. The van der Waals surface area contributed by atoms with Crippen LogP contribution >= 0.6 is 0 Å². The van der Waals surface area contributed by atoms with Crippen molar-refractivity contribution in [2.45, 2.75) is 33.0 Å². The topological polar surface area (TPSA) is 75.1 Å². The minimum Gasteiger partial charge on any atom is -0.510 e. The smallest absolute Gasteiger partial charge is 0.510 e. The molecule has 104 valence electrons. The minimum absolute atomic E-state index is 0.168. The summed E-state index contributed by atoms with van der Waals surface area (Å²) < 4.78 is 10.5. The predicted molar refractivity (Wildman–Crippen MR) is 72.0 cm³/mol. The van der Waals surface area contributed by atoms with E-state index in [2.05, 4.69) is 9.88 Å². The minimum atomic E-state index is -1.82. The largest absolute Gasteiger partial charge is 0.707 e. The fourth-order valence-corrected chi connectivity index (χ4v) is 2.31. The number of hydrogen-bond acceptors (Lipinski definition) is 6. The Labute approximate surface area is 113 Å². The van der Waals surface area contributed by atoms with Crippen LogP contribution in [-0.2, 0) is 4.74 Å². The van der Waals surface area contributed by atoms with Crippen LogP contribution < -0.4 is 9.55 Å². The third-order valence-electron chi connectivity index (χ3n) is 3.00. The van der Waals surface area contributed by atoms with Crippen molar-refractivity contribution < 1.29 is 19.4 Å². The molecule has 2 atom stereocenters. The fourth-order valence-electron chi connectivity index (χ4n) is 2.31. The average molecular weight is 266 g/mol. The van der Waals surface area contributed by atoms with Gasteiger partial charge in [0.1, 0.15) is 11.6 Å². The summed E-state index contributed by atoms with van der Waals surface area (Å²) in [5.41, 5.74) is 0.623. The molecular weight excluding hydrogens is 247 g/mol. The van der Waals surface area contributed by atoms with Gasteiger partial charge in [0, 0.05) is 13.1 Å². The van der Waals surface area contributed by atoms with Gasteiger partial charge in [-0.1, -0.05) is 0 Å². The number of ether oxygens (including phenoxy) is 1. The highest BCUT2D eigenvalue weighted by Gasteiger charge is 2.23. The molecule has 0 aliphatic carbocycles. The lowest BCUT2D eigenvalue weighted by Crippen LogP contribution is -2.45. The van der Waals surface area contributed by atoms with E-state index in [0.29, 0.717) is 11.4 Å². The van der Waals surface area contributed by atoms with Gasteiger partial charge in [0.15, 0.2) is 0 Å². The van der Waals surface area contributed by atoms with Gasteiger partial charge >= 0.3 is 7.32 Å². The normalized spacial score (nSPS) is 23.3. The first-order valence-corrected chi connectivity index (χ1v) is 6.36. The quantitative estimate of drug-likeness (QED) is 0.769. The van der Waals surface area contributed by atoms with Gasteiger partial charge in [0.2, 0.25) is 0 Å². The molecule has 0 amide bonds. The summed E-state index contributed by atoms with van der Waals surface area (Å²) >= 11 is 0. The molecule has 0 bridgehead atoms. The zero-order valence-electron chi connectivity index (χ0n) is 11.4. The van der Waals surface area contributed by atoms with Gasteiger partial charge in [-0.15, -0.1) is 0 Å². The Morgan fingerprint density at radius 1 is 1.32 bits per heavy atom. The van der Waals surface area contributed by atoms with Crippen LogP contribution in [0.3, 0.4) is 0 Å².